The first kappa shape index (κ1) is 12.5. The highest BCUT2D eigenvalue weighted by Crippen LogP contribution is 2.34. The Hall–Kier alpha value is -1.57. The monoisotopic (exact) mass is 254 g/mol. The van der Waals surface area contributed by atoms with Crippen LogP contribution in [0.2, 0.25) is 0 Å². The standard InChI is InChI=1S/C17H22N2/c1-13-8-10-16(11-9-13)19-14(2)17(12-18-19)15-6-4-3-5-7-15/h3-7,12-13,16H,8-11H2,1-2H3. The molecular weight excluding hydrogens is 232 g/mol. The van der Waals surface area contributed by atoms with Crippen molar-refractivity contribution in [3.63, 3.8) is 0 Å². The molecule has 0 N–H and O–H groups in total. The molecule has 1 fully saturated rings. The lowest BCUT2D eigenvalue weighted by Crippen LogP contribution is -2.18. The Morgan fingerprint density at radius 1 is 1.05 bits per heavy atom. The van der Waals surface area contributed by atoms with E-state index < -0.39 is 0 Å². The Labute approximate surface area is 115 Å². The first-order valence-corrected chi connectivity index (χ1v) is 7.35. The summed E-state index contributed by atoms with van der Waals surface area (Å²) in [6.07, 6.45) is 7.26. The normalized spacial score (nSPS) is 23.5. The Bertz CT molecular complexity index is 534. The van der Waals surface area contributed by atoms with Crippen molar-refractivity contribution in [2.75, 3.05) is 0 Å². The molecular formula is C17H22N2. The summed E-state index contributed by atoms with van der Waals surface area (Å²) in [5.74, 6) is 0.890. The highest BCUT2D eigenvalue weighted by Gasteiger charge is 2.22. The van der Waals surface area contributed by atoms with Gasteiger partial charge in [0.15, 0.2) is 0 Å². The van der Waals surface area contributed by atoms with E-state index in [2.05, 4.69) is 54.0 Å². The van der Waals surface area contributed by atoms with Gasteiger partial charge < -0.3 is 0 Å². The van der Waals surface area contributed by atoms with Crippen LogP contribution in [-0.4, -0.2) is 9.78 Å². The maximum absolute atomic E-state index is 4.66. The van der Waals surface area contributed by atoms with Gasteiger partial charge in [0.1, 0.15) is 0 Å². The molecule has 1 aliphatic rings. The zero-order chi connectivity index (χ0) is 13.2. The molecule has 0 bridgehead atoms. The minimum atomic E-state index is 0.605. The molecule has 1 aromatic heterocycles. The van der Waals surface area contributed by atoms with Gasteiger partial charge in [-0.1, -0.05) is 37.3 Å². The van der Waals surface area contributed by atoms with E-state index >= 15 is 0 Å². The summed E-state index contributed by atoms with van der Waals surface area (Å²) in [7, 11) is 0. The lowest BCUT2D eigenvalue weighted by atomic mass is 9.87. The van der Waals surface area contributed by atoms with E-state index in [-0.39, 0.29) is 0 Å². The number of aromatic nitrogens is 2. The second-order valence-electron chi connectivity index (χ2n) is 5.87. The van der Waals surface area contributed by atoms with E-state index in [1.54, 1.807) is 0 Å². The quantitative estimate of drug-likeness (QED) is 0.765. The topological polar surface area (TPSA) is 17.8 Å². The minimum Gasteiger partial charge on any atom is -0.266 e. The Morgan fingerprint density at radius 3 is 2.42 bits per heavy atom. The van der Waals surface area contributed by atoms with Crippen molar-refractivity contribution in [2.24, 2.45) is 5.92 Å². The van der Waals surface area contributed by atoms with Crippen LogP contribution in [0.5, 0.6) is 0 Å². The molecule has 0 saturated heterocycles. The van der Waals surface area contributed by atoms with Crippen LogP contribution >= 0.6 is 0 Å². The van der Waals surface area contributed by atoms with Crippen molar-refractivity contribution in [3.05, 3.63) is 42.2 Å². The van der Waals surface area contributed by atoms with Gasteiger partial charge >= 0.3 is 0 Å². The highest BCUT2D eigenvalue weighted by molar-refractivity contribution is 5.64. The number of rotatable bonds is 2. The number of benzene rings is 1. The van der Waals surface area contributed by atoms with E-state index in [0.29, 0.717) is 6.04 Å². The van der Waals surface area contributed by atoms with Crippen molar-refractivity contribution in [2.45, 2.75) is 45.6 Å². The predicted molar refractivity (Wildman–Crippen MR) is 79.1 cm³/mol. The molecule has 2 heteroatoms. The van der Waals surface area contributed by atoms with Gasteiger partial charge in [-0.15, -0.1) is 0 Å². The van der Waals surface area contributed by atoms with Crippen LogP contribution in [0.15, 0.2) is 36.5 Å². The van der Waals surface area contributed by atoms with Crippen LogP contribution in [0.4, 0.5) is 0 Å². The number of hydrogen-bond donors (Lipinski definition) is 0. The molecule has 100 valence electrons. The predicted octanol–water partition coefficient (Wildman–Crippen LogP) is 4.61. The summed E-state index contributed by atoms with van der Waals surface area (Å²) in [5, 5.41) is 4.66. The van der Waals surface area contributed by atoms with Gasteiger partial charge in [-0.25, -0.2) is 0 Å². The van der Waals surface area contributed by atoms with Crippen LogP contribution in [0, 0.1) is 12.8 Å². The van der Waals surface area contributed by atoms with Crippen molar-refractivity contribution < 1.29 is 0 Å². The lowest BCUT2D eigenvalue weighted by molar-refractivity contribution is 0.271. The Morgan fingerprint density at radius 2 is 1.74 bits per heavy atom. The van der Waals surface area contributed by atoms with Crippen molar-refractivity contribution in [3.8, 4) is 11.1 Å². The van der Waals surface area contributed by atoms with Crippen LogP contribution in [0.25, 0.3) is 11.1 Å². The van der Waals surface area contributed by atoms with Gasteiger partial charge in [0.05, 0.1) is 12.2 Å². The zero-order valence-electron chi connectivity index (χ0n) is 11.8. The Balaban J connectivity index is 1.87. The molecule has 0 unspecified atom stereocenters. The summed E-state index contributed by atoms with van der Waals surface area (Å²) in [5.41, 5.74) is 3.86. The van der Waals surface area contributed by atoms with Gasteiger partial charge in [0.2, 0.25) is 0 Å². The third kappa shape index (κ3) is 2.44. The maximum Gasteiger partial charge on any atom is 0.0571 e. The van der Waals surface area contributed by atoms with Crippen LogP contribution in [0.1, 0.15) is 44.3 Å². The zero-order valence-corrected chi connectivity index (χ0v) is 11.8. The van der Waals surface area contributed by atoms with Crippen LogP contribution < -0.4 is 0 Å². The Kier molecular flexibility index (Phi) is 3.41. The molecule has 0 radical (unpaired) electrons. The van der Waals surface area contributed by atoms with E-state index in [0.717, 1.165) is 5.92 Å². The first-order chi connectivity index (χ1) is 9.25. The fourth-order valence-corrected chi connectivity index (χ4v) is 3.18. The molecule has 2 aromatic rings. The summed E-state index contributed by atoms with van der Waals surface area (Å²) < 4.78 is 2.26. The number of nitrogens with zero attached hydrogens (tertiary/aromatic N) is 2. The molecule has 1 aliphatic carbocycles. The van der Waals surface area contributed by atoms with E-state index in [9.17, 15) is 0 Å². The fourth-order valence-electron chi connectivity index (χ4n) is 3.18. The first-order valence-electron chi connectivity index (χ1n) is 7.35. The molecule has 0 aliphatic heterocycles. The maximum atomic E-state index is 4.66. The highest BCUT2D eigenvalue weighted by atomic mass is 15.3. The molecule has 1 aromatic carbocycles. The molecule has 1 saturated carbocycles. The molecule has 0 amide bonds. The second kappa shape index (κ2) is 5.20. The average Bonchev–Trinajstić information content (AvgIpc) is 2.83. The van der Waals surface area contributed by atoms with Gasteiger partial charge in [0, 0.05) is 11.3 Å². The summed E-state index contributed by atoms with van der Waals surface area (Å²) >= 11 is 0. The second-order valence-corrected chi connectivity index (χ2v) is 5.87. The van der Waals surface area contributed by atoms with Crippen LogP contribution in [-0.2, 0) is 0 Å². The van der Waals surface area contributed by atoms with E-state index in [1.807, 2.05) is 6.20 Å². The van der Waals surface area contributed by atoms with Gasteiger partial charge in [-0.3, -0.25) is 4.68 Å². The summed E-state index contributed by atoms with van der Waals surface area (Å²) in [6.45, 7) is 4.56. The lowest BCUT2D eigenvalue weighted by Gasteiger charge is -2.27. The fraction of sp³-hybridized carbons (Fsp3) is 0.471. The van der Waals surface area contributed by atoms with Crippen molar-refractivity contribution >= 4 is 0 Å². The summed E-state index contributed by atoms with van der Waals surface area (Å²) in [4.78, 5) is 0. The van der Waals surface area contributed by atoms with E-state index in [4.69, 9.17) is 0 Å². The largest absolute Gasteiger partial charge is 0.266 e. The summed E-state index contributed by atoms with van der Waals surface area (Å²) in [6, 6.07) is 11.2. The van der Waals surface area contributed by atoms with Crippen molar-refractivity contribution in [1.82, 2.24) is 9.78 Å². The van der Waals surface area contributed by atoms with E-state index in [1.165, 1.54) is 42.5 Å². The third-order valence-corrected chi connectivity index (χ3v) is 4.46. The molecule has 2 nitrogen and oxygen atoms in total. The van der Waals surface area contributed by atoms with Crippen LogP contribution in [0.3, 0.4) is 0 Å². The molecule has 19 heavy (non-hydrogen) atoms. The molecule has 0 spiro atoms. The SMILES string of the molecule is Cc1c(-c2ccccc2)cnn1C1CCC(C)CC1. The minimum absolute atomic E-state index is 0.605. The molecule has 0 atom stereocenters. The van der Waals surface area contributed by atoms with Gasteiger partial charge in [-0.05, 0) is 44.1 Å². The van der Waals surface area contributed by atoms with Crippen molar-refractivity contribution in [1.29, 1.82) is 0 Å². The smallest absolute Gasteiger partial charge is 0.0571 e. The van der Waals surface area contributed by atoms with Gasteiger partial charge in [-0.2, -0.15) is 5.10 Å². The average molecular weight is 254 g/mol. The molecule has 1 heterocycles. The van der Waals surface area contributed by atoms with Gasteiger partial charge in [0.25, 0.3) is 0 Å². The molecule has 3 rings (SSSR count). The number of hydrogen-bond acceptors (Lipinski definition) is 1. The third-order valence-electron chi connectivity index (χ3n) is 4.46.